The van der Waals surface area contributed by atoms with Gasteiger partial charge in [0.05, 0.1) is 17.7 Å². The molecule has 2 atom stereocenters. The van der Waals surface area contributed by atoms with Crippen molar-refractivity contribution in [3.05, 3.63) is 71.3 Å². The molecule has 196 valence electrons. The summed E-state index contributed by atoms with van der Waals surface area (Å²) in [6.45, 7) is 12.6. The fourth-order valence-electron chi connectivity index (χ4n) is 5.96. The van der Waals surface area contributed by atoms with Crippen LogP contribution in [0.1, 0.15) is 62.8 Å². The number of rotatable bonds is 6. The van der Waals surface area contributed by atoms with E-state index in [1.807, 2.05) is 25.0 Å². The number of amides is 1. The van der Waals surface area contributed by atoms with Crippen LogP contribution in [0.25, 0.3) is 0 Å². The molecule has 2 aliphatic rings. The Morgan fingerprint density at radius 3 is 2.22 bits per heavy atom. The van der Waals surface area contributed by atoms with Crippen molar-refractivity contribution in [1.29, 1.82) is 5.26 Å². The van der Waals surface area contributed by atoms with Crippen LogP contribution in [0.4, 0.5) is 0 Å². The highest BCUT2D eigenvalue weighted by molar-refractivity contribution is 6.45. The van der Waals surface area contributed by atoms with E-state index in [4.69, 9.17) is 0 Å². The van der Waals surface area contributed by atoms with Crippen molar-refractivity contribution in [2.75, 3.05) is 32.7 Å². The van der Waals surface area contributed by atoms with Gasteiger partial charge in [-0.05, 0) is 67.3 Å². The SMILES string of the molecule is CB(O)N1CCC(CC(=O)N2CCN(C(c3ccccc3)c3ccc(C#N)cc3)C[C@@H]2C(C)(C)C)CC1. The third kappa shape index (κ3) is 6.62. The minimum atomic E-state index is -0.413. The van der Waals surface area contributed by atoms with E-state index < -0.39 is 7.05 Å². The number of nitrogens with zero attached hydrogens (tertiary/aromatic N) is 4. The van der Waals surface area contributed by atoms with Gasteiger partial charge in [0.1, 0.15) is 0 Å². The molecule has 37 heavy (non-hydrogen) atoms. The van der Waals surface area contributed by atoms with Crippen molar-refractivity contribution in [3.8, 4) is 6.07 Å². The first kappa shape index (κ1) is 27.4. The van der Waals surface area contributed by atoms with Crippen molar-refractivity contribution in [3.63, 3.8) is 0 Å². The summed E-state index contributed by atoms with van der Waals surface area (Å²) in [5.74, 6) is 0.654. The Labute approximate surface area is 223 Å². The topological polar surface area (TPSA) is 70.8 Å². The normalized spacial score (nSPS) is 20.9. The van der Waals surface area contributed by atoms with Crippen LogP contribution in [0.2, 0.25) is 6.82 Å². The number of hydrogen-bond acceptors (Lipinski definition) is 5. The van der Waals surface area contributed by atoms with E-state index in [1.54, 1.807) is 0 Å². The smallest absolute Gasteiger partial charge is 0.376 e. The lowest BCUT2D eigenvalue weighted by molar-refractivity contribution is -0.141. The summed E-state index contributed by atoms with van der Waals surface area (Å²) in [6.07, 6.45) is 2.52. The van der Waals surface area contributed by atoms with Crippen LogP contribution in [0, 0.1) is 22.7 Å². The summed E-state index contributed by atoms with van der Waals surface area (Å²) >= 11 is 0. The van der Waals surface area contributed by atoms with Gasteiger partial charge in [-0.2, -0.15) is 5.26 Å². The van der Waals surface area contributed by atoms with E-state index in [0.717, 1.165) is 39.0 Å². The van der Waals surface area contributed by atoms with Gasteiger partial charge in [-0.1, -0.05) is 63.2 Å². The van der Waals surface area contributed by atoms with Crippen LogP contribution in [0.3, 0.4) is 0 Å². The molecule has 1 N–H and O–H groups in total. The number of piperidine rings is 1. The first-order chi connectivity index (χ1) is 17.7. The van der Waals surface area contributed by atoms with Crippen molar-refractivity contribution < 1.29 is 9.82 Å². The van der Waals surface area contributed by atoms with Crippen LogP contribution in [-0.2, 0) is 4.79 Å². The maximum Gasteiger partial charge on any atom is 0.376 e. The number of hydrogen-bond donors (Lipinski definition) is 1. The van der Waals surface area contributed by atoms with Gasteiger partial charge in [0.2, 0.25) is 5.91 Å². The third-order valence-electron chi connectivity index (χ3n) is 8.21. The zero-order valence-electron chi connectivity index (χ0n) is 22.8. The molecule has 2 aromatic rings. The zero-order valence-corrected chi connectivity index (χ0v) is 22.8. The highest BCUT2D eigenvalue weighted by Gasteiger charge is 2.40. The molecular formula is C30H41BN4O2. The van der Waals surface area contributed by atoms with Crippen molar-refractivity contribution in [1.82, 2.24) is 14.6 Å². The van der Waals surface area contributed by atoms with Crippen LogP contribution >= 0.6 is 0 Å². The molecule has 0 bridgehead atoms. The fraction of sp³-hybridized carbons (Fsp3) is 0.533. The highest BCUT2D eigenvalue weighted by atomic mass is 16.2. The molecule has 2 heterocycles. The number of piperazine rings is 1. The van der Waals surface area contributed by atoms with Crippen molar-refractivity contribution >= 4 is 13.0 Å². The van der Waals surface area contributed by atoms with Gasteiger partial charge in [-0.3, -0.25) is 9.69 Å². The number of carbonyl (C=O) groups is 1. The largest absolute Gasteiger partial charge is 0.437 e. The number of nitriles is 1. The van der Waals surface area contributed by atoms with Crippen LogP contribution < -0.4 is 0 Å². The standard InChI is InChI=1S/C30H41BN4O2/c1-30(2,3)27-22-33(18-19-35(27)28(36)20-23-14-16-34(17-15-23)31(4)37)29(25-8-6-5-7-9-25)26-12-10-24(21-32)11-13-26/h5-13,23,27,29,37H,14-20,22H2,1-4H3/t27-,29?/m1/s1. The number of carbonyl (C=O) groups excluding carboxylic acids is 1. The molecule has 6 nitrogen and oxygen atoms in total. The van der Waals surface area contributed by atoms with E-state index in [-0.39, 0.29) is 23.4 Å². The van der Waals surface area contributed by atoms with Gasteiger partial charge in [0.15, 0.2) is 0 Å². The lowest BCUT2D eigenvalue weighted by Crippen LogP contribution is -2.60. The summed E-state index contributed by atoms with van der Waals surface area (Å²) in [7, 11) is -0.413. The van der Waals surface area contributed by atoms with E-state index in [0.29, 0.717) is 24.4 Å². The Morgan fingerprint density at radius 2 is 1.65 bits per heavy atom. The second-order valence-electron chi connectivity index (χ2n) is 11.8. The predicted molar refractivity (Wildman–Crippen MR) is 149 cm³/mol. The lowest BCUT2D eigenvalue weighted by atomic mass is 9.80. The Bertz CT molecular complexity index is 1070. The van der Waals surface area contributed by atoms with Crippen LogP contribution in [-0.4, -0.2) is 71.4 Å². The lowest BCUT2D eigenvalue weighted by Gasteiger charge is -2.50. The monoisotopic (exact) mass is 500 g/mol. The van der Waals surface area contributed by atoms with Gasteiger partial charge in [0, 0.05) is 32.1 Å². The Hall–Kier alpha value is -2.66. The molecule has 0 radical (unpaired) electrons. The van der Waals surface area contributed by atoms with E-state index in [1.165, 1.54) is 11.1 Å². The Balaban J connectivity index is 1.52. The maximum absolute atomic E-state index is 13.6. The summed E-state index contributed by atoms with van der Waals surface area (Å²) in [6, 6.07) is 20.9. The van der Waals surface area contributed by atoms with Crippen molar-refractivity contribution in [2.45, 2.75) is 58.9 Å². The molecule has 2 aromatic carbocycles. The second kappa shape index (κ2) is 11.8. The number of benzene rings is 2. The quantitative estimate of drug-likeness (QED) is 0.595. The van der Waals surface area contributed by atoms with E-state index in [2.05, 4.69) is 77.8 Å². The van der Waals surface area contributed by atoms with Gasteiger partial charge < -0.3 is 14.7 Å². The third-order valence-corrected chi connectivity index (χ3v) is 8.21. The summed E-state index contributed by atoms with van der Waals surface area (Å²) in [4.78, 5) is 20.4. The van der Waals surface area contributed by atoms with E-state index >= 15 is 0 Å². The van der Waals surface area contributed by atoms with Gasteiger partial charge in [0.25, 0.3) is 0 Å². The molecule has 2 aliphatic heterocycles. The molecule has 0 aromatic heterocycles. The average molecular weight is 500 g/mol. The summed E-state index contributed by atoms with van der Waals surface area (Å²) in [5.41, 5.74) is 3.00. The van der Waals surface area contributed by atoms with Crippen LogP contribution in [0.5, 0.6) is 0 Å². The molecule has 2 fully saturated rings. The highest BCUT2D eigenvalue weighted by Crippen LogP contribution is 2.36. The molecule has 4 rings (SSSR count). The summed E-state index contributed by atoms with van der Waals surface area (Å²) in [5, 5.41) is 19.1. The predicted octanol–water partition coefficient (Wildman–Crippen LogP) is 4.42. The molecule has 1 unspecified atom stereocenters. The molecule has 0 spiro atoms. The van der Waals surface area contributed by atoms with Gasteiger partial charge in [-0.15, -0.1) is 0 Å². The van der Waals surface area contributed by atoms with Gasteiger partial charge >= 0.3 is 7.05 Å². The first-order valence-corrected chi connectivity index (χ1v) is 13.7. The van der Waals surface area contributed by atoms with Crippen LogP contribution in [0.15, 0.2) is 54.6 Å². The molecule has 0 aliphatic carbocycles. The van der Waals surface area contributed by atoms with Crippen molar-refractivity contribution in [2.24, 2.45) is 11.3 Å². The molecule has 1 amide bonds. The minimum Gasteiger partial charge on any atom is -0.437 e. The average Bonchev–Trinajstić information content (AvgIpc) is 2.89. The first-order valence-electron chi connectivity index (χ1n) is 13.7. The zero-order chi connectivity index (χ0) is 26.6. The Morgan fingerprint density at radius 1 is 1.03 bits per heavy atom. The van der Waals surface area contributed by atoms with E-state index in [9.17, 15) is 15.1 Å². The molecule has 0 saturated carbocycles. The Kier molecular flexibility index (Phi) is 8.74. The maximum atomic E-state index is 13.6. The second-order valence-corrected chi connectivity index (χ2v) is 11.8. The summed E-state index contributed by atoms with van der Waals surface area (Å²) < 4.78 is 0. The fourth-order valence-corrected chi connectivity index (χ4v) is 5.96. The minimum absolute atomic E-state index is 0.0596. The molecule has 2 saturated heterocycles. The molecule has 7 heteroatoms. The molecular weight excluding hydrogens is 459 g/mol. The van der Waals surface area contributed by atoms with Gasteiger partial charge in [-0.25, -0.2) is 0 Å².